The van der Waals surface area contributed by atoms with E-state index in [1.165, 1.54) is 10.6 Å². The number of benzene rings is 1. The van der Waals surface area contributed by atoms with Crippen LogP contribution in [0.25, 0.3) is 5.69 Å². The van der Waals surface area contributed by atoms with Gasteiger partial charge in [0, 0.05) is 15.1 Å². The fourth-order valence-corrected chi connectivity index (χ4v) is 2.66. The maximum Gasteiger partial charge on any atom is 0.352 e. The summed E-state index contributed by atoms with van der Waals surface area (Å²) in [6.07, 6.45) is 1.67. The SMILES string of the molecule is O=C(O)c1cc(Br)cn1-c1ccc(Br)cc1Cl. The molecule has 0 radical (unpaired) electrons. The van der Waals surface area contributed by atoms with Crippen molar-refractivity contribution >= 4 is 49.4 Å². The Morgan fingerprint density at radius 3 is 2.53 bits per heavy atom. The van der Waals surface area contributed by atoms with E-state index >= 15 is 0 Å². The molecule has 17 heavy (non-hydrogen) atoms. The average molecular weight is 379 g/mol. The van der Waals surface area contributed by atoms with Crippen LogP contribution in [0.5, 0.6) is 0 Å². The molecule has 6 heteroatoms. The van der Waals surface area contributed by atoms with Crippen LogP contribution in [0.1, 0.15) is 10.5 Å². The number of hydrogen-bond donors (Lipinski definition) is 1. The number of hydrogen-bond acceptors (Lipinski definition) is 1. The molecular weight excluding hydrogens is 373 g/mol. The first-order valence-electron chi connectivity index (χ1n) is 4.55. The molecule has 0 unspecified atom stereocenters. The lowest BCUT2D eigenvalue weighted by Crippen LogP contribution is -2.05. The van der Waals surface area contributed by atoms with E-state index in [2.05, 4.69) is 31.9 Å². The molecule has 0 aliphatic heterocycles. The molecule has 0 saturated carbocycles. The van der Waals surface area contributed by atoms with Crippen LogP contribution in [-0.2, 0) is 0 Å². The normalized spacial score (nSPS) is 10.5. The van der Waals surface area contributed by atoms with Crippen LogP contribution in [0.2, 0.25) is 5.02 Å². The first kappa shape index (κ1) is 12.7. The minimum Gasteiger partial charge on any atom is -0.477 e. The van der Waals surface area contributed by atoms with Gasteiger partial charge in [-0.2, -0.15) is 0 Å². The predicted octanol–water partition coefficient (Wildman–Crippen LogP) is 4.35. The van der Waals surface area contributed by atoms with Crippen molar-refractivity contribution in [2.24, 2.45) is 0 Å². The van der Waals surface area contributed by atoms with Gasteiger partial charge >= 0.3 is 5.97 Å². The predicted molar refractivity (Wildman–Crippen MR) is 73.1 cm³/mol. The van der Waals surface area contributed by atoms with Crippen LogP contribution in [0.4, 0.5) is 0 Å². The number of carboxylic acid groups (broad SMARTS) is 1. The minimum absolute atomic E-state index is 0.154. The van der Waals surface area contributed by atoms with Crippen molar-refractivity contribution in [2.75, 3.05) is 0 Å². The van der Waals surface area contributed by atoms with E-state index in [0.29, 0.717) is 15.2 Å². The second-order valence-electron chi connectivity index (χ2n) is 3.31. The van der Waals surface area contributed by atoms with Crippen molar-refractivity contribution in [2.45, 2.75) is 0 Å². The van der Waals surface area contributed by atoms with E-state index in [9.17, 15) is 4.79 Å². The highest BCUT2D eigenvalue weighted by Crippen LogP contribution is 2.28. The summed E-state index contributed by atoms with van der Waals surface area (Å²) in [6.45, 7) is 0. The van der Waals surface area contributed by atoms with Gasteiger partial charge < -0.3 is 9.67 Å². The zero-order valence-electron chi connectivity index (χ0n) is 8.32. The lowest BCUT2D eigenvalue weighted by Gasteiger charge is -2.08. The lowest BCUT2D eigenvalue weighted by molar-refractivity contribution is 0.0688. The topological polar surface area (TPSA) is 42.2 Å². The first-order valence-corrected chi connectivity index (χ1v) is 6.52. The van der Waals surface area contributed by atoms with Crippen molar-refractivity contribution in [1.29, 1.82) is 0 Å². The smallest absolute Gasteiger partial charge is 0.352 e. The third-order valence-electron chi connectivity index (χ3n) is 2.17. The molecule has 3 nitrogen and oxygen atoms in total. The summed E-state index contributed by atoms with van der Waals surface area (Å²) in [5.41, 5.74) is 0.777. The molecule has 88 valence electrons. The fourth-order valence-electron chi connectivity index (χ4n) is 1.47. The molecule has 2 rings (SSSR count). The molecule has 0 saturated heterocycles. The van der Waals surface area contributed by atoms with Crippen molar-refractivity contribution in [3.8, 4) is 5.69 Å². The van der Waals surface area contributed by atoms with Gasteiger partial charge in [0.05, 0.1) is 10.7 Å². The molecule has 0 aliphatic rings. The number of carbonyl (C=O) groups is 1. The van der Waals surface area contributed by atoms with Gasteiger partial charge in [-0.1, -0.05) is 27.5 Å². The van der Waals surface area contributed by atoms with Gasteiger partial charge in [-0.15, -0.1) is 0 Å². The fraction of sp³-hybridized carbons (Fsp3) is 0. The Kier molecular flexibility index (Phi) is 3.61. The number of halogens is 3. The van der Waals surface area contributed by atoms with Crippen molar-refractivity contribution in [1.82, 2.24) is 4.57 Å². The lowest BCUT2D eigenvalue weighted by atomic mass is 10.3. The van der Waals surface area contributed by atoms with E-state index < -0.39 is 5.97 Å². The van der Waals surface area contributed by atoms with Gasteiger partial charge in [0.15, 0.2) is 0 Å². The highest BCUT2D eigenvalue weighted by Gasteiger charge is 2.14. The van der Waals surface area contributed by atoms with Crippen LogP contribution in [0, 0.1) is 0 Å². The van der Waals surface area contributed by atoms with E-state index in [-0.39, 0.29) is 5.69 Å². The van der Waals surface area contributed by atoms with Crippen molar-refractivity contribution in [3.63, 3.8) is 0 Å². The molecule has 0 fully saturated rings. The van der Waals surface area contributed by atoms with Crippen molar-refractivity contribution < 1.29 is 9.90 Å². The Balaban J connectivity index is 2.63. The van der Waals surface area contributed by atoms with E-state index in [4.69, 9.17) is 16.7 Å². The number of carboxylic acids is 1. The second-order valence-corrected chi connectivity index (χ2v) is 5.55. The zero-order chi connectivity index (χ0) is 12.6. The standard InChI is InChI=1S/C11H6Br2ClNO2/c12-6-1-2-9(8(14)3-6)15-5-7(13)4-10(15)11(16)17/h1-5H,(H,16,17). The van der Waals surface area contributed by atoms with Crippen LogP contribution in [0.15, 0.2) is 39.4 Å². The van der Waals surface area contributed by atoms with Crippen LogP contribution < -0.4 is 0 Å². The number of aromatic carboxylic acids is 1. The molecule has 0 amide bonds. The Hall–Kier alpha value is -0.780. The Morgan fingerprint density at radius 1 is 1.24 bits per heavy atom. The zero-order valence-corrected chi connectivity index (χ0v) is 12.3. The van der Waals surface area contributed by atoms with Crippen LogP contribution in [-0.4, -0.2) is 15.6 Å². The molecule has 0 bridgehead atoms. The number of nitrogens with zero attached hydrogens (tertiary/aromatic N) is 1. The molecule has 0 spiro atoms. The molecule has 1 aromatic heterocycles. The molecule has 1 heterocycles. The molecule has 1 N–H and O–H groups in total. The maximum atomic E-state index is 11.1. The van der Waals surface area contributed by atoms with Gasteiger partial charge in [-0.05, 0) is 40.2 Å². The Bertz CT molecular complexity index is 595. The first-order chi connectivity index (χ1) is 7.99. The van der Waals surface area contributed by atoms with E-state index in [0.717, 1.165) is 4.47 Å². The summed E-state index contributed by atoms with van der Waals surface area (Å²) in [7, 11) is 0. The third-order valence-corrected chi connectivity index (χ3v) is 3.40. The Labute approximate surface area is 119 Å². The van der Waals surface area contributed by atoms with Gasteiger partial charge in [0.25, 0.3) is 0 Å². The van der Waals surface area contributed by atoms with E-state index in [1.54, 1.807) is 24.4 Å². The largest absolute Gasteiger partial charge is 0.477 e. The van der Waals surface area contributed by atoms with Crippen LogP contribution in [0.3, 0.4) is 0 Å². The number of aromatic nitrogens is 1. The molecular formula is C11H6Br2ClNO2. The average Bonchev–Trinajstić information content (AvgIpc) is 2.60. The maximum absolute atomic E-state index is 11.1. The molecule has 1 aromatic carbocycles. The Morgan fingerprint density at radius 2 is 1.94 bits per heavy atom. The minimum atomic E-state index is -1.00. The van der Waals surface area contributed by atoms with Gasteiger partial charge in [0.1, 0.15) is 5.69 Å². The second kappa shape index (κ2) is 4.84. The monoisotopic (exact) mass is 377 g/mol. The van der Waals surface area contributed by atoms with Crippen molar-refractivity contribution in [3.05, 3.63) is 50.1 Å². The highest BCUT2D eigenvalue weighted by molar-refractivity contribution is 9.10. The molecule has 0 aliphatic carbocycles. The van der Waals surface area contributed by atoms with Gasteiger partial charge in [0.2, 0.25) is 0 Å². The van der Waals surface area contributed by atoms with E-state index in [1.807, 2.05) is 0 Å². The summed E-state index contributed by atoms with van der Waals surface area (Å²) in [6, 6.07) is 6.81. The number of rotatable bonds is 2. The van der Waals surface area contributed by atoms with Gasteiger partial charge in [-0.25, -0.2) is 4.79 Å². The van der Waals surface area contributed by atoms with Crippen LogP contribution >= 0.6 is 43.5 Å². The summed E-state index contributed by atoms with van der Waals surface area (Å²) in [5.74, 6) is -1.00. The molecule has 0 atom stereocenters. The summed E-state index contributed by atoms with van der Waals surface area (Å²) < 4.78 is 3.06. The molecule has 2 aromatic rings. The van der Waals surface area contributed by atoms with Gasteiger partial charge in [-0.3, -0.25) is 0 Å². The third kappa shape index (κ3) is 2.56. The highest BCUT2D eigenvalue weighted by atomic mass is 79.9. The summed E-state index contributed by atoms with van der Waals surface area (Å²) in [5, 5.41) is 9.57. The summed E-state index contributed by atoms with van der Waals surface area (Å²) in [4.78, 5) is 11.1. The summed E-state index contributed by atoms with van der Waals surface area (Å²) >= 11 is 12.6. The quantitative estimate of drug-likeness (QED) is 0.843.